The molecule has 1 aromatic carbocycles. The van der Waals surface area contributed by atoms with E-state index < -0.39 is 0 Å². The van der Waals surface area contributed by atoms with Gasteiger partial charge in [0.1, 0.15) is 0 Å². The van der Waals surface area contributed by atoms with E-state index in [1.54, 1.807) is 11.3 Å². The number of amides is 1. The van der Waals surface area contributed by atoms with Crippen molar-refractivity contribution in [2.75, 3.05) is 6.54 Å². The third-order valence-electron chi connectivity index (χ3n) is 4.94. The van der Waals surface area contributed by atoms with Gasteiger partial charge in [-0.05, 0) is 33.1 Å². The van der Waals surface area contributed by atoms with E-state index in [0.29, 0.717) is 12.2 Å². The highest BCUT2D eigenvalue weighted by Crippen LogP contribution is 2.32. The van der Waals surface area contributed by atoms with Crippen molar-refractivity contribution in [2.24, 2.45) is 0 Å². The smallest absolute Gasteiger partial charge is 0.228 e. The lowest BCUT2D eigenvalue weighted by Crippen LogP contribution is -2.39. The highest BCUT2D eigenvalue weighted by Gasteiger charge is 2.31. The van der Waals surface area contributed by atoms with E-state index in [-0.39, 0.29) is 11.9 Å². The number of piperidine rings is 1. The molecule has 0 aliphatic carbocycles. The van der Waals surface area contributed by atoms with Crippen LogP contribution in [-0.4, -0.2) is 32.5 Å². The first-order chi connectivity index (χ1) is 13.1. The van der Waals surface area contributed by atoms with E-state index >= 15 is 0 Å². The molecule has 7 heteroatoms. The fraction of sp³-hybridized carbons (Fsp3) is 0.400. The van der Waals surface area contributed by atoms with E-state index in [1.165, 1.54) is 12.0 Å². The molecule has 4 rings (SSSR count). The Morgan fingerprint density at radius 1 is 1.26 bits per heavy atom. The number of nitrogens with zero attached hydrogens (tertiary/aromatic N) is 4. The minimum atomic E-state index is -0.0955. The molecule has 1 aliphatic rings. The number of likely N-dealkylation sites (tertiary alicyclic amines) is 1. The summed E-state index contributed by atoms with van der Waals surface area (Å²) in [6.07, 6.45) is 4.62. The highest BCUT2D eigenvalue weighted by molar-refractivity contribution is 7.12. The largest absolute Gasteiger partial charge is 0.343 e. The molecule has 6 nitrogen and oxygen atoms in total. The van der Waals surface area contributed by atoms with Gasteiger partial charge in [-0.1, -0.05) is 35.0 Å². The summed E-state index contributed by atoms with van der Waals surface area (Å²) in [7, 11) is 0. The van der Waals surface area contributed by atoms with Gasteiger partial charge in [0.2, 0.25) is 12.3 Å². The van der Waals surface area contributed by atoms with E-state index in [0.717, 1.165) is 46.9 Å². The number of benzene rings is 1. The van der Waals surface area contributed by atoms with Gasteiger partial charge in [0.25, 0.3) is 0 Å². The number of aryl methyl sites for hydroxylation is 2. The Kier molecular flexibility index (Phi) is 5.03. The van der Waals surface area contributed by atoms with Gasteiger partial charge in [-0.3, -0.25) is 4.79 Å². The summed E-state index contributed by atoms with van der Waals surface area (Å²) in [6, 6.07) is 8.20. The number of carbonyl (C=O) groups is 1. The average Bonchev–Trinajstić information content (AvgIpc) is 3.32. The van der Waals surface area contributed by atoms with Crippen LogP contribution in [0.4, 0.5) is 0 Å². The van der Waals surface area contributed by atoms with Crippen LogP contribution in [0.2, 0.25) is 0 Å². The standard InChI is InChI=1S/C20H22N4O2S/c1-13-6-8-15(9-7-13)19-17(27-14(2)22-19)11-18(25)24-10-4-3-5-16(24)20-21-12-26-23-20/h6-9,12,16H,3-5,10-11H2,1-2H3. The normalized spacial score (nSPS) is 17.3. The lowest BCUT2D eigenvalue weighted by molar-refractivity contribution is -0.134. The molecule has 1 fully saturated rings. The molecule has 140 valence electrons. The highest BCUT2D eigenvalue weighted by atomic mass is 32.1. The van der Waals surface area contributed by atoms with Crippen LogP contribution >= 0.6 is 11.3 Å². The van der Waals surface area contributed by atoms with Gasteiger partial charge in [-0.2, -0.15) is 4.98 Å². The summed E-state index contributed by atoms with van der Waals surface area (Å²) >= 11 is 1.60. The second-order valence-electron chi connectivity index (χ2n) is 6.94. The summed E-state index contributed by atoms with van der Waals surface area (Å²) in [5.74, 6) is 0.698. The van der Waals surface area contributed by atoms with Crippen molar-refractivity contribution in [2.45, 2.75) is 45.6 Å². The molecule has 3 heterocycles. The monoisotopic (exact) mass is 382 g/mol. The fourth-order valence-electron chi connectivity index (χ4n) is 3.59. The molecule has 1 saturated heterocycles. The molecule has 0 N–H and O–H groups in total. The number of rotatable bonds is 4. The lowest BCUT2D eigenvalue weighted by Gasteiger charge is -2.33. The van der Waals surface area contributed by atoms with Crippen LogP contribution in [0.1, 0.15) is 46.6 Å². The minimum absolute atomic E-state index is 0.0955. The Morgan fingerprint density at radius 2 is 2.07 bits per heavy atom. The van der Waals surface area contributed by atoms with Crippen LogP contribution < -0.4 is 0 Å². The molecule has 1 unspecified atom stereocenters. The van der Waals surface area contributed by atoms with E-state index in [1.807, 2.05) is 11.8 Å². The second-order valence-corrected chi connectivity index (χ2v) is 8.22. The van der Waals surface area contributed by atoms with Crippen LogP contribution in [0.25, 0.3) is 11.3 Å². The molecule has 0 spiro atoms. The second kappa shape index (κ2) is 7.60. The lowest BCUT2D eigenvalue weighted by atomic mass is 10.0. The van der Waals surface area contributed by atoms with E-state index in [9.17, 15) is 4.79 Å². The van der Waals surface area contributed by atoms with Crippen LogP contribution in [0.3, 0.4) is 0 Å². The molecule has 1 atom stereocenters. The molecule has 0 bridgehead atoms. The number of hydrogen-bond donors (Lipinski definition) is 0. The van der Waals surface area contributed by atoms with E-state index in [2.05, 4.69) is 46.3 Å². The molecule has 1 amide bonds. The van der Waals surface area contributed by atoms with Gasteiger partial charge in [0.15, 0.2) is 5.82 Å². The van der Waals surface area contributed by atoms with Crippen molar-refractivity contribution in [3.8, 4) is 11.3 Å². The maximum atomic E-state index is 13.1. The van der Waals surface area contributed by atoms with Crippen molar-refractivity contribution in [1.82, 2.24) is 20.0 Å². The summed E-state index contributed by atoms with van der Waals surface area (Å²) in [5.41, 5.74) is 3.18. The molecular formula is C20H22N4O2S. The fourth-order valence-corrected chi connectivity index (χ4v) is 4.54. The molecular weight excluding hydrogens is 360 g/mol. The zero-order chi connectivity index (χ0) is 18.8. The topological polar surface area (TPSA) is 72.1 Å². The van der Waals surface area contributed by atoms with Crippen molar-refractivity contribution < 1.29 is 9.32 Å². The number of carbonyl (C=O) groups excluding carboxylic acids is 1. The Bertz CT molecular complexity index is 918. The van der Waals surface area contributed by atoms with Crippen LogP contribution in [0.15, 0.2) is 35.2 Å². The van der Waals surface area contributed by atoms with Gasteiger partial charge < -0.3 is 9.42 Å². The maximum Gasteiger partial charge on any atom is 0.228 e. The molecule has 0 radical (unpaired) electrons. The third kappa shape index (κ3) is 3.78. The minimum Gasteiger partial charge on any atom is -0.343 e. The summed E-state index contributed by atoms with van der Waals surface area (Å²) in [4.78, 5) is 24.9. The number of thiazole rings is 1. The van der Waals surface area contributed by atoms with Crippen molar-refractivity contribution >= 4 is 17.2 Å². The quantitative estimate of drug-likeness (QED) is 0.679. The van der Waals surface area contributed by atoms with Crippen LogP contribution in [0.5, 0.6) is 0 Å². The molecule has 0 saturated carbocycles. The number of aromatic nitrogens is 3. The predicted octanol–water partition coefficient (Wildman–Crippen LogP) is 4.11. The van der Waals surface area contributed by atoms with Crippen LogP contribution in [-0.2, 0) is 11.2 Å². The Balaban J connectivity index is 1.58. The van der Waals surface area contributed by atoms with Crippen LogP contribution in [0, 0.1) is 13.8 Å². The van der Waals surface area contributed by atoms with Gasteiger partial charge >= 0.3 is 0 Å². The first-order valence-corrected chi connectivity index (χ1v) is 10.0. The summed E-state index contributed by atoms with van der Waals surface area (Å²) < 4.78 is 4.90. The van der Waals surface area contributed by atoms with Crippen molar-refractivity contribution in [3.05, 3.63) is 51.9 Å². The average molecular weight is 382 g/mol. The van der Waals surface area contributed by atoms with Crippen molar-refractivity contribution in [1.29, 1.82) is 0 Å². The Morgan fingerprint density at radius 3 is 2.81 bits per heavy atom. The molecule has 1 aliphatic heterocycles. The Hall–Kier alpha value is -2.54. The third-order valence-corrected chi connectivity index (χ3v) is 5.91. The van der Waals surface area contributed by atoms with Gasteiger partial charge in [0.05, 0.1) is 23.2 Å². The van der Waals surface area contributed by atoms with Crippen molar-refractivity contribution in [3.63, 3.8) is 0 Å². The summed E-state index contributed by atoms with van der Waals surface area (Å²) in [6.45, 7) is 4.78. The van der Waals surface area contributed by atoms with E-state index in [4.69, 9.17) is 4.52 Å². The van der Waals surface area contributed by atoms with Gasteiger partial charge in [-0.15, -0.1) is 11.3 Å². The number of hydrogen-bond acceptors (Lipinski definition) is 6. The zero-order valence-corrected chi connectivity index (χ0v) is 16.3. The molecule has 3 aromatic rings. The predicted molar refractivity (Wildman–Crippen MR) is 103 cm³/mol. The maximum absolute atomic E-state index is 13.1. The summed E-state index contributed by atoms with van der Waals surface area (Å²) in [5, 5.41) is 4.94. The first-order valence-electron chi connectivity index (χ1n) is 9.21. The SMILES string of the molecule is Cc1ccc(-c2nc(C)sc2CC(=O)N2CCCCC2c2ncon2)cc1. The molecule has 27 heavy (non-hydrogen) atoms. The molecule has 2 aromatic heterocycles. The Labute approximate surface area is 162 Å². The van der Waals surface area contributed by atoms with Gasteiger partial charge in [-0.25, -0.2) is 4.98 Å². The first kappa shape index (κ1) is 17.9. The zero-order valence-electron chi connectivity index (χ0n) is 15.5. The van der Waals surface area contributed by atoms with Gasteiger partial charge in [0, 0.05) is 17.0 Å².